The van der Waals surface area contributed by atoms with E-state index in [-0.39, 0.29) is 36.1 Å². The molecule has 3 rings (SSSR count). The summed E-state index contributed by atoms with van der Waals surface area (Å²) in [6.07, 6.45) is 2.16. The number of halogens is 3. The molecule has 1 aliphatic heterocycles. The van der Waals surface area contributed by atoms with Crippen molar-refractivity contribution in [3.63, 3.8) is 0 Å². The largest absolute Gasteiger partial charge is 0.373 e. The molecule has 7 heteroatoms. The monoisotopic (exact) mass is 529 g/mol. The van der Waals surface area contributed by atoms with Gasteiger partial charge in [0.15, 0.2) is 17.6 Å². The minimum absolute atomic E-state index is 0. The second-order valence-electron chi connectivity index (χ2n) is 7.60. The molecule has 3 atom stereocenters. The summed E-state index contributed by atoms with van der Waals surface area (Å²) < 4.78 is 32.8. The van der Waals surface area contributed by atoms with Gasteiger partial charge in [0.2, 0.25) is 0 Å². The number of benzene rings is 2. The molecule has 0 radical (unpaired) electrons. The lowest BCUT2D eigenvalue weighted by Gasteiger charge is -2.33. The van der Waals surface area contributed by atoms with Crippen LogP contribution in [0.5, 0.6) is 0 Å². The molecule has 0 amide bonds. The maximum atomic E-state index is 13.5. The van der Waals surface area contributed by atoms with Crippen LogP contribution in [0.2, 0.25) is 0 Å². The minimum Gasteiger partial charge on any atom is -0.373 e. The van der Waals surface area contributed by atoms with Crippen molar-refractivity contribution in [2.45, 2.75) is 38.8 Å². The van der Waals surface area contributed by atoms with E-state index < -0.39 is 11.6 Å². The van der Waals surface area contributed by atoms with Crippen LogP contribution in [0.25, 0.3) is 0 Å². The zero-order valence-corrected chi connectivity index (χ0v) is 20.0. The van der Waals surface area contributed by atoms with Crippen LogP contribution >= 0.6 is 24.0 Å². The van der Waals surface area contributed by atoms with Gasteiger partial charge >= 0.3 is 0 Å². The molecule has 0 saturated carbocycles. The Morgan fingerprint density at radius 3 is 2.57 bits per heavy atom. The van der Waals surface area contributed by atoms with Gasteiger partial charge in [-0.25, -0.2) is 8.78 Å². The summed E-state index contributed by atoms with van der Waals surface area (Å²) in [5, 5.41) is 6.61. The Bertz CT molecular complexity index is 845. The fourth-order valence-corrected chi connectivity index (χ4v) is 3.67. The molecule has 1 saturated heterocycles. The summed E-state index contributed by atoms with van der Waals surface area (Å²) in [5.41, 5.74) is 3.08. The third-order valence-corrected chi connectivity index (χ3v) is 5.40. The number of ether oxygens (including phenoxy) is 1. The van der Waals surface area contributed by atoms with Gasteiger partial charge in [0.1, 0.15) is 0 Å². The van der Waals surface area contributed by atoms with Gasteiger partial charge in [-0.1, -0.05) is 35.9 Å². The molecule has 4 nitrogen and oxygen atoms in total. The van der Waals surface area contributed by atoms with Gasteiger partial charge in [0, 0.05) is 26.1 Å². The Kier molecular flexibility index (Phi) is 9.48. The van der Waals surface area contributed by atoms with Crippen LogP contribution < -0.4 is 10.6 Å². The lowest BCUT2D eigenvalue weighted by Crippen LogP contribution is -2.42. The number of hydrogen-bond acceptors (Lipinski definition) is 2. The predicted molar refractivity (Wildman–Crippen MR) is 127 cm³/mol. The van der Waals surface area contributed by atoms with Crippen molar-refractivity contribution in [2.24, 2.45) is 10.9 Å². The van der Waals surface area contributed by atoms with Gasteiger partial charge < -0.3 is 15.4 Å². The summed E-state index contributed by atoms with van der Waals surface area (Å²) in [4.78, 5) is 4.27. The number of aliphatic imine (C=N–C) groups is 1. The second-order valence-corrected chi connectivity index (χ2v) is 7.60. The highest BCUT2D eigenvalue weighted by atomic mass is 127. The van der Waals surface area contributed by atoms with Gasteiger partial charge in [-0.2, -0.15) is 0 Å². The Labute approximate surface area is 194 Å². The lowest BCUT2D eigenvalue weighted by atomic mass is 9.89. The summed E-state index contributed by atoms with van der Waals surface area (Å²) in [6, 6.07) is 12.2. The van der Waals surface area contributed by atoms with Crippen LogP contribution in [0.3, 0.4) is 0 Å². The Balaban J connectivity index is 0.00000320. The first-order valence-electron chi connectivity index (χ1n) is 10.1. The molecule has 1 heterocycles. The zero-order chi connectivity index (χ0) is 20.8. The Morgan fingerprint density at radius 2 is 1.90 bits per heavy atom. The normalized spacial score (nSPS) is 20.2. The number of aryl methyl sites for hydroxylation is 1. The summed E-state index contributed by atoms with van der Waals surface area (Å²) in [7, 11) is 1.70. The van der Waals surface area contributed by atoms with Crippen LogP contribution in [-0.4, -0.2) is 26.2 Å². The minimum atomic E-state index is -0.848. The fourth-order valence-electron chi connectivity index (χ4n) is 3.67. The molecule has 3 unspecified atom stereocenters. The topological polar surface area (TPSA) is 45.7 Å². The number of hydrogen-bond donors (Lipinski definition) is 2. The molecular formula is C23H30F2IN3O. The van der Waals surface area contributed by atoms with E-state index in [4.69, 9.17) is 4.74 Å². The van der Waals surface area contributed by atoms with Crippen LogP contribution in [0, 0.1) is 24.5 Å². The summed E-state index contributed by atoms with van der Waals surface area (Å²) in [5.74, 6) is -0.749. The molecule has 0 bridgehead atoms. The highest BCUT2D eigenvalue weighted by molar-refractivity contribution is 14.0. The molecule has 2 N–H and O–H groups in total. The van der Waals surface area contributed by atoms with E-state index in [0.29, 0.717) is 24.0 Å². The molecule has 1 fully saturated rings. The van der Waals surface area contributed by atoms with Crippen molar-refractivity contribution < 1.29 is 13.5 Å². The average Bonchev–Trinajstić information content (AvgIpc) is 2.73. The van der Waals surface area contributed by atoms with E-state index in [0.717, 1.165) is 25.5 Å². The first-order valence-corrected chi connectivity index (χ1v) is 10.1. The van der Waals surface area contributed by atoms with Crippen molar-refractivity contribution in [3.8, 4) is 0 Å². The first-order chi connectivity index (χ1) is 14.0. The highest BCUT2D eigenvalue weighted by Gasteiger charge is 2.27. The van der Waals surface area contributed by atoms with Crippen molar-refractivity contribution in [2.75, 3.05) is 20.2 Å². The van der Waals surface area contributed by atoms with Gasteiger partial charge in [-0.3, -0.25) is 4.99 Å². The molecule has 2 aromatic carbocycles. The van der Waals surface area contributed by atoms with Gasteiger partial charge in [-0.05, 0) is 49.9 Å². The number of nitrogens with zero attached hydrogens (tertiary/aromatic N) is 1. The molecule has 0 aliphatic carbocycles. The maximum absolute atomic E-state index is 13.5. The third kappa shape index (κ3) is 6.38. The smallest absolute Gasteiger partial charge is 0.191 e. The molecule has 164 valence electrons. The summed E-state index contributed by atoms with van der Waals surface area (Å²) >= 11 is 0. The van der Waals surface area contributed by atoms with Crippen LogP contribution in [0.15, 0.2) is 47.5 Å². The first kappa shape index (κ1) is 24.5. The van der Waals surface area contributed by atoms with Gasteiger partial charge in [-0.15, -0.1) is 24.0 Å². The second kappa shape index (κ2) is 11.6. The van der Waals surface area contributed by atoms with Gasteiger partial charge in [0.25, 0.3) is 0 Å². The van der Waals surface area contributed by atoms with Crippen LogP contribution in [0.1, 0.15) is 48.6 Å². The van der Waals surface area contributed by atoms with E-state index in [9.17, 15) is 8.78 Å². The molecule has 0 aromatic heterocycles. The van der Waals surface area contributed by atoms with Crippen LogP contribution in [-0.2, 0) is 4.74 Å². The molecule has 1 aliphatic rings. The standard InChI is InChI=1S/C23H29F2N3O.HI/c1-15-6-8-17(9-7-15)22-19(5-4-12-29-22)14-27-23(26-3)28-16(2)18-10-11-20(24)21(25)13-18;/h6-11,13,16,19,22H,4-5,12,14H2,1-3H3,(H2,26,27,28);1H. The van der Waals surface area contributed by atoms with E-state index in [2.05, 4.69) is 46.8 Å². The van der Waals surface area contributed by atoms with Crippen LogP contribution in [0.4, 0.5) is 8.78 Å². The maximum Gasteiger partial charge on any atom is 0.191 e. The van der Waals surface area contributed by atoms with E-state index >= 15 is 0 Å². The van der Waals surface area contributed by atoms with E-state index in [1.165, 1.54) is 17.2 Å². The number of guanidine groups is 1. The van der Waals surface area contributed by atoms with E-state index in [1.807, 2.05) is 6.92 Å². The van der Waals surface area contributed by atoms with Crippen molar-refractivity contribution in [3.05, 3.63) is 70.8 Å². The Hall–Kier alpha value is -1.74. The zero-order valence-electron chi connectivity index (χ0n) is 17.6. The summed E-state index contributed by atoms with van der Waals surface area (Å²) in [6.45, 7) is 5.45. The van der Waals surface area contributed by atoms with E-state index in [1.54, 1.807) is 13.1 Å². The molecule has 2 aromatic rings. The third-order valence-electron chi connectivity index (χ3n) is 5.40. The predicted octanol–water partition coefficient (Wildman–Crippen LogP) is 5.29. The van der Waals surface area contributed by atoms with Crippen molar-refractivity contribution in [1.82, 2.24) is 10.6 Å². The SMILES string of the molecule is CN=C(NCC1CCCOC1c1ccc(C)cc1)NC(C)c1ccc(F)c(F)c1.I. The Morgan fingerprint density at radius 1 is 1.17 bits per heavy atom. The molecule has 0 spiro atoms. The molecule has 30 heavy (non-hydrogen) atoms. The average molecular weight is 529 g/mol. The number of rotatable bonds is 5. The molecular weight excluding hydrogens is 499 g/mol. The number of nitrogens with one attached hydrogen (secondary N) is 2. The fraction of sp³-hybridized carbons (Fsp3) is 0.435. The lowest BCUT2D eigenvalue weighted by molar-refractivity contribution is -0.0265. The quantitative estimate of drug-likeness (QED) is 0.315. The highest BCUT2D eigenvalue weighted by Crippen LogP contribution is 2.33. The van der Waals surface area contributed by atoms with Crippen molar-refractivity contribution in [1.29, 1.82) is 0 Å². The van der Waals surface area contributed by atoms with Gasteiger partial charge in [0.05, 0.1) is 12.1 Å². The van der Waals surface area contributed by atoms with Crippen molar-refractivity contribution >= 4 is 29.9 Å².